The molecule has 0 aliphatic heterocycles. The fourth-order valence-corrected chi connectivity index (χ4v) is 3.81. The molecule has 0 bridgehead atoms. The van der Waals surface area contributed by atoms with Crippen molar-refractivity contribution in [3.05, 3.63) is 28.5 Å². The lowest BCUT2D eigenvalue weighted by Crippen LogP contribution is -2.44. The van der Waals surface area contributed by atoms with E-state index in [4.69, 9.17) is 11.6 Å². The first-order valence-electron chi connectivity index (χ1n) is 6.11. The minimum Gasteiger partial charge on any atom is -0.207 e. The van der Waals surface area contributed by atoms with Gasteiger partial charge in [0.1, 0.15) is 10.7 Å². The summed E-state index contributed by atoms with van der Waals surface area (Å²) in [6, 6.07) is 3.49. The summed E-state index contributed by atoms with van der Waals surface area (Å²) in [6.45, 7) is 5.72. The molecular formula is C13H18BrClFNO2S. The van der Waals surface area contributed by atoms with E-state index in [2.05, 4.69) is 20.7 Å². The molecule has 0 aliphatic carbocycles. The maximum atomic E-state index is 13.8. The van der Waals surface area contributed by atoms with Crippen molar-refractivity contribution in [1.82, 2.24) is 4.72 Å². The molecule has 1 atom stereocenters. The van der Waals surface area contributed by atoms with Crippen LogP contribution in [0.1, 0.15) is 27.2 Å². The number of hydrogen-bond donors (Lipinski definition) is 1. The van der Waals surface area contributed by atoms with Crippen LogP contribution in [-0.2, 0) is 10.0 Å². The van der Waals surface area contributed by atoms with Crippen LogP contribution in [0, 0.1) is 11.2 Å². The van der Waals surface area contributed by atoms with Gasteiger partial charge in [0, 0.05) is 16.4 Å². The van der Waals surface area contributed by atoms with Crippen molar-refractivity contribution in [2.75, 3.05) is 5.88 Å². The van der Waals surface area contributed by atoms with Gasteiger partial charge in [0.05, 0.1) is 0 Å². The zero-order valence-electron chi connectivity index (χ0n) is 11.6. The highest BCUT2D eigenvalue weighted by atomic mass is 79.9. The molecule has 0 fully saturated rings. The second-order valence-corrected chi connectivity index (χ2v) is 8.57. The molecular weight excluding hydrogens is 369 g/mol. The van der Waals surface area contributed by atoms with Crippen molar-refractivity contribution >= 4 is 37.6 Å². The van der Waals surface area contributed by atoms with E-state index in [9.17, 15) is 12.8 Å². The maximum Gasteiger partial charge on any atom is 0.243 e. The summed E-state index contributed by atoms with van der Waals surface area (Å²) in [5.74, 6) is -0.460. The summed E-state index contributed by atoms with van der Waals surface area (Å²) in [4.78, 5) is -0.357. The summed E-state index contributed by atoms with van der Waals surface area (Å²) >= 11 is 8.81. The largest absolute Gasteiger partial charge is 0.243 e. The van der Waals surface area contributed by atoms with Crippen LogP contribution in [0.25, 0.3) is 0 Å². The summed E-state index contributed by atoms with van der Waals surface area (Å²) in [7, 11) is -3.92. The van der Waals surface area contributed by atoms with Gasteiger partial charge in [-0.05, 0) is 30.0 Å². The molecule has 0 aromatic heterocycles. The van der Waals surface area contributed by atoms with Crippen LogP contribution >= 0.6 is 27.5 Å². The number of nitrogens with one attached hydrogen (secondary N) is 1. The predicted molar refractivity (Wildman–Crippen MR) is 83.0 cm³/mol. The van der Waals surface area contributed by atoms with Crippen LogP contribution in [0.2, 0.25) is 0 Å². The lowest BCUT2D eigenvalue weighted by Gasteiger charge is -2.30. The van der Waals surface area contributed by atoms with Gasteiger partial charge in [-0.15, -0.1) is 11.6 Å². The molecule has 0 spiro atoms. The predicted octanol–water partition coefficient (Wildman–Crippen LogP) is 3.91. The molecule has 1 unspecified atom stereocenters. The normalized spacial score (nSPS) is 14.3. The monoisotopic (exact) mass is 385 g/mol. The summed E-state index contributed by atoms with van der Waals surface area (Å²) in [5.41, 5.74) is -0.312. The highest BCUT2D eigenvalue weighted by Crippen LogP contribution is 2.25. The van der Waals surface area contributed by atoms with Crippen LogP contribution in [0.5, 0.6) is 0 Å². The van der Waals surface area contributed by atoms with E-state index >= 15 is 0 Å². The molecule has 1 N–H and O–H groups in total. The fourth-order valence-electron chi connectivity index (χ4n) is 1.72. The molecule has 1 aromatic carbocycles. The zero-order valence-corrected chi connectivity index (χ0v) is 14.7. The summed E-state index contributed by atoms with van der Waals surface area (Å²) in [6.07, 6.45) is 0.475. The molecule has 0 heterocycles. The molecule has 0 aliphatic rings. The molecule has 1 rings (SSSR count). The van der Waals surface area contributed by atoms with Crippen molar-refractivity contribution in [1.29, 1.82) is 0 Å². The topological polar surface area (TPSA) is 46.2 Å². The minimum atomic E-state index is -3.92. The second kappa shape index (κ2) is 6.73. The fraction of sp³-hybridized carbons (Fsp3) is 0.538. The molecule has 0 radical (unpaired) electrons. The summed E-state index contributed by atoms with van der Waals surface area (Å²) < 4.78 is 41.4. The molecule has 7 heteroatoms. The lowest BCUT2D eigenvalue weighted by molar-refractivity contribution is 0.292. The van der Waals surface area contributed by atoms with Gasteiger partial charge < -0.3 is 0 Å². The van der Waals surface area contributed by atoms with Crippen LogP contribution in [0.3, 0.4) is 0 Å². The van der Waals surface area contributed by atoms with E-state index in [1.807, 2.05) is 20.8 Å². The SMILES string of the molecule is CC(C)(C)C(CCCl)NS(=O)(=O)c1ccc(Br)cc1F. The van der Waals surface area contributed by atoms with E-state index in [1.165, 1.54) is 12.1 Å². The van der Waals surface area contributed by atoms with Gasteiger partial charge in [0.15, 0.2) is 0 Å². The number of rotatable bonds is 5. The van der Waals surface area contributed by atoms with Crippen LogP contribution in [0.15, 0.2) is 27.6 Å². The van der Waals surface area contributed by atoms with Gasteiger partial charge in [-0.1, -0.05) is 36.7 Å². The van der Waals surface area contributed by atoms with Gasteiger partial charge in [-0.25, -0.2) is 17.5 Å². The Balaban J connectivity index is 3.10. The van der Waals surface area contributed by atoms with Crippen LogP contribution < -0.4 is 4.72 Å². The number of alkyl halides is 1. The van der Waals surface area contributed by atoms with Gasteiger partial charge >= 0.3 is 0 Å². The number of hydrogen-bond acceptors (Lipinski definition) is 2. The second-order valence-electron chi connectivity index (χ2n) is 5.59. The third-order valence-electron chi connectivity index (χ3n) is 2.92. The first kappa shape index (κ1) is 17.9. The van der Waals surface area contributed by atoms with Gasteiger partial charge in [-0.2, -0.15) is 0 Å². The van der Waals surface area contributed by atoms with Crippen molar-refractivity contribution in [3.8, 4) is 0 Å². The van der Waals surface area contributed by atoms with Crippen molar-refractivity contribution < 1.29 is 12.8 Å². The average Bonchev–Trinajstić information content (AvgIpc) is 2.26. The Kier molecular flexibility index (Phi) is 6.01. The Bertz CT molecular complexity index is 572. The zero-order chi connectivity index (χ0) is 15.6. The molecule has 0 saturated carbocycles. The highest BCUT2D eigenvalue weighted by molar-refractivity contribution is 9.10. The van der Waals surface area contributed by atoms with E-state index < -0.39 is 15.8 Å². The van der Waals surface area contributed by atoms with Gasteiger partial charge in [0.2, 0.25) is 10.0 Å². The Hall–Kier alpha value is -0.170. The van der Waals surface area contributed by atoms with E-state index in [-0.39, 0.29) is 16.4 Å². The third-order valence-corrected chi connectivity index (χ3v) is 5.14. The average molecular weight is 387 g/mol. The van der Waals surface area contributed by atoms with E-state index in [0.717, 1.165) is 6.07 Å². The van der Waals surface area contributed by atoms with Gasteiger partial charge in [-0.3, -0.25) is 0 Å². The first-order valence-corrected chi connectivity index (χ1v) is 8.92. The molecule has 20 heavy (non-hydrogen) atoms. The molecule has 114 valence electrons. The van der Waals surface area contributed by atoms with Crippen molar-refractivity contribution in [2.24, 2.45) is 5.41 Å². The van der Waals surface area contributed by atoms with E-state index in [1.54, 1.807) is 0 Å². The third kappa shape index (κ3) is 4.69. The molecule has 1 aromatic rings. The Morgan fingerprint density at radius 1 is 1.40 bits per heavy atom. The lowest BCUT2D eigenvalue weighted by atomic mass is 9.86. The van der Waals surface area contributed by atoms with Crippen LogP contribution in [-0.4, -0.2) is 20.3 Å². The minimum absolute atomic E-state index is 0.312. The molecule has 3 nitrogen and oxygen atoms in total. The number of halogens is 3. The Morgan fingerprint density at radius 3 is 2.45 bits per heavy atom. The number of sulfonamides is 1. The van der Waals surface area contributed by atoms with Gasteiger partial charge in [0.25, 0.3) is 0 Å². The smallest absolute Gasteiger partial charge is 0.207 e. The molecule has 0 saturated heterocycles. The standard InChI is InChI=1S/C13H18BrClFNO2S/c1-13(2,3)12(6-7-15)17-20(18,19)11-5-4-9(14)8-10(11)16/h4-5,8,12,17H,6-7H2,1-3H3. The number of benzene rings is 1. The quantitative estimate of drug-likeness (QED) is 0.780. The Labute approximate surface area is 133 Å². The highest BCUT2D eigenvalue weighted by Gasteiger charge is 2.30. The van der Waals surface area contributed by atoms with Crippen LogP contribution in [0.4, 0.5) is 4.39 Å². The van der Waals surface area contributed by atoms with Crippen molar-refractivity contribution in [3.63, 3.8) is 0 Å². The molecule has 0 amide bonds. The first-order chi connectivity index (χ1) is 9.08. The summed E-state index contributed by atoms with van der Waals surface area (Å²) in [5, 5.41) is 0. The maximum absolute atomic E-state index is 13.8. The van der Waals surface area contributed by atoms with E-state index in [0.29, 0.717) is 16.8 Å². The van der Waals surface area contributed by atoms with Crippen molar-refractivity contribution in [2.45, 2.75) is 38.1 Å². The Morgan fingerprint density at radius 2 is 2.00 bits per heavy atom.